The first-order valence-corrected chi connectivity index (χ1v) is 12.4. The Balaban J connectivity index is 1.34. The SMILES string of the molecule is O=C(Nc1n[nH]c(-c2ccccc2Cl)n1)c1cccc(S(=O)(=O)N2CCc3ccccc3C2)c1. The minimum absolute atomic E-state index is 0.0563. The van der Waals surface area contributed by atoms with Gasteiger partial charge in [-0.1, -0.05) is 54.1 Å². The second-order valence-electron chi connectivity index (χ2n) is 7.83. The second kappa shape index (κ2) is 9.02. The normalized spacial score (nSPS) is 13.9. The summed E-state index contributed by atoms with van der Waals surface area (Å²) in [5.41, 5.74) is 2.98. The van der Waals surface area contributed by atoms with Crippen molar-refractivity contribution >= 4 is 33.5 Å². The van der Waals surface area contributed by atoms with Crippen LogP contribution in [0.25, 0.3) is 11.4 Å². The molecule has 0 saturated heterocycles. The number of aromatic nitrogens is 3. The lowest BCUT2D eigenvalue weighted by atomic mass is 10.0. The summed E-state index contributed by atoms with van der Waals surface area (Å²) in [6.07, 6.45) is 0.647. The zero-order valence-corrected chi connectivity index (χ0v) is 19.5. The zero-order chi connectivity index (χ0) is 23.7. The molecule has 1 aromatic heterocycles. The van der Waals surface area contributed by atoms with E-state index in [-0.39, 0.29) is 16.4 Å². The number of H-pyrrole nitrogens is 1. The van der Waals surface area contributed by atoms with Gasteiger partial charge < -0.3 is 0 Å². The number of carbonyl (C=O) groups excluding carboxylic acids is 1. The van der Waals surface area contributed by atoms with E-state index in [9.17, 15) is 13.2 Å². The molecule has 4 aromatic rings. The molecule has 2 heterocycles. The third kappa shape index (κ3) is 4.33. The van der Waals surface area contributed by atoms with E-state index in [1.54, 1.807) is 30.3 Å². The third-order valence-electron chi connectivity index (χ3n) is 5.67. The van der Waals surface area contributed by atoms with Crippen LogP contribution in [-0.4, -0.2) is 40.4 Å². The van der Waals surface area contributed by atoms with Gasteiger partial charge in [-0.15, -0.1) is 5.10 Å². The van der Waals surface area contributed by atoms with E-state index in [0.717, 1.165) is 11.1 Å². The molecule has 0 bridgehead atoms. The quantitative estimate of drug-likeness (QED) is 0.434. The molecule has 0 atom stereocenters. The van der Waals surface area contributed by atoms with Crippen molar-refractivity contribution in [2.45, 2.75) is 17.9 Å². The van der Waals surface area contributed by atoms with Crippen LogP contribution in [0.5, 0.6) is 0 Å². The number of aromatic amines is 1. The van der Waals surface area contributed by atoms with Crippen LogP contribution in [0.3, 0.4) is 0 Å². The van der Waals surface area contributed by atoms with E-state index in [2.05, 4.69) is 20.5 Å². The number of nitrogens with one attached hydrogen (secondary N) is 2. The smallest absolute Gasteiger partial charge is 0.258 e. The van der Waals surface area contributed by atoms with Crippen LogP contribution < -0.4 is 5.32 Å². The third-order valence-corrected chi connectivity index (χ3v) is 7.84. The van der Waals surface area contributed by atoms with Gasteiger partial charge in [0, 0.05) is 24.2 Å². The lowest BCUT2D eigenvalue weighted by molar-refractivity contribution is 0.102. The Morgan fingerprint density at radius 3 is 2.59 bits per heavy atom. The molecule has 1 aliphatic heterocycles. The van der Waals surface area contributed by atoms with Crippen LogP contribution in [0.2, 0.25) is 5.02 Å². The first-order chi connectivity index (χ1) is 16.4. The molecule has 2 N–H and O–H groups in total. The number of anilines is 1. The maximum atomic E-state index is 13.3. The highest BCUT2D eigenvalue weighted by Crippen LogP contribution is 2.26. The highest BCUT2D eigenvalue weighted by Gasteiger charge is 2.28. The van der Waals surface area contributed by atoms with Crippen molar-refractivity contribution in [1.29, 1.82) is 0 Å². The number of amides is 1. The summed E-state index contributed by atoms with van der Waals surface area (Å²) in [6, 6.07) is 20.9. The Labute approximate surface area is 201 Å². The lowest BCUT2D eigenvalue weighted by Gasteiger charge is -2.28. The summed E-state index contributed by atoms with van der Waals surface area (Å²) in [7, 11) is -3.77. The molecule has 8 nitrogen and oxygen atoms in total. The Bertz CT molecular complexity index is 1490. The number of sulfonamides is 1. The van der Waals surface area contributed by atoms with Crippen molar-refractivity contribution in [3.8, 4) is 11.4 Å². The first kappa shape index (κ1) is 22.3. The summed E-state index contributed by atoms with van der Waals surface area (Å²) in [6.45, 7) is 0.689. The van der Waals surface area contributed by atoms with Crippen LogP contribution in [0.4, 0.5) is 5.95 Å². The lowest BCUT2D eigenvalue weighted by Crippen LogP contribution is -2.36. The molecule has 3 aromatic carbocycles. The number of nitrogens with zero attached hydrogens (tertiary/aromatic N) is 3. The number of carbonyl (C=O) groups is 1. The van der Waals surface area contributed by atoms with Crippen molar-refractivity contribution in [3.63, 3.8) is 0 Å². The number of hydrogen-bond donors (Lipinski definition) is 2. The summed E-state index contributed by atoms with van der Waals surface area (Å²) in [5.74, 6) is -0.0609. The average molecular weight is 494 g/mol. The van der Waals surface area contributed by atoms with Crippen molar-refractivity contribution < 1.29 is 13.2 Å². The fraction of sp³-hybridized carbons (Fsp3) is 0.125. The molecule has 0 saturated carbocycles. The molecule has 0 fully saturated rings. The summed E-state index contributed by atoms with van der Waals surface area (Å²) < 4.78 is 28.0. The maximum Gasteiger partial charge on any atom is 0.258 e. The highest BCUT2D eigenvalue weighted by atomic mass is 35.5. The number of benzene rings is 3. The van der Waals surface area contributed by atoms with E-state index in [1.165, 1.54) is 16.4 Å². The largest absolute Gasteiger partial charge is 0.289 e. The molecule has 0 unspecified atom stereocenters. The number of fused-ring (bicyclic) bond motifs is 1. The molecule has 172 valence electrons. The average Bonchev–Trinajstić information content (AvgIpc) is 3.32. The molecule has 5 rings (SSSR count). The van der Waals surface area contributed by atoms with Crippen LogP contribution in [0.15, 0.2) is 77.7 Å². The van der Waals surface area contributed by atoms with Gasteiger partial charge in [-0.3, -0.25) is 15.2 Å². The molecule has 1 aliphatic rings. The predicted molar refractivity (Wildman–Crippen MR) is 129 cm³/mol. The minimum Gasteiger partial charge on any atom is -0.289 e. The van der Waals surface area contributed by atoms with E-state index in [0.29, 0.717) is 35.9 Å². The summed E-state index contributed by atoms with van der Waals surface area (Å²) in [4.78, 5) is 17.1. The van der Waals surface area contributed by atoms with E-state index >= 15 is 0 Å². The number of halogens is 1. The molecular weight excluding hydrogens is 474 g/mol. The van der Waals surface area contributed by atoms with Crippen molar-refractivity contribution in [2.24, 2.45) is 0 Å². The van der Waals surface area contributed by atoms with Gasteiger partial charge in [0.1, 0.15) is 0 Å². The van der Waals surface area contributed by atoms with Crippen LogP contribution >= 0.6 is 11.6 Å². The van der Waals surface area contributed by atoms with E-state index < -0.39 is 15.9 Å². The summed E-state index contributed by atoms with van der Waals surface area (Å²) in [5, 5.41) is 9.85. The molecule has 0 spiro atoms. The second-order valence-corrected chi connectivity index (χ2v) is 10.2. The monoisotopic (exact) mass is 493 g/mol. The Kier molecular flexibility index (Phi) is 5.91. The Hall–Kier alpha value is -3.53. The van der Waals surface area contributed by atoms with Gasteiger partial charge in [-0.2, -0.15) is 9.29 Å². The standard InChI is InChI=1S/C24H20ClN5O3S/c25-21-11-4-3-10-20(21)22-26-24(29-28-22)27-23(31)17-8-5-9-19(14-17)34(32,33)30-13-12-16-6-1-2-7-18(16)15-30/h1-11,14H,12-13,15H2,(H2,26,27,28,29,31). The topological polar surface area (TPSA) is 108 Å². The van der Waals surface area contributed by atoms with Crippen molar-refractivity contribution in [3.05, 3.63) is 94.5 Å². The fourth-order valence-corrected chi connectivity index (χ4v) is 5.58. The van der Waals surface area contributed by atoms with Crippen molar-refractivity contribution in [2.75, 3.05) is 11.9 Å². The van der Waals surface area contributed by atoms with Crippen LogP contribution in [0.1, 0.15) is 21.5 Å². The van der Waals surface area contributed by atoms with Gasteiger partial charge in [-0.05, 0) is 47.9 Å². The van der Waals surface area contributed by atoms with E-state index in [4.69, 9.17) is 11.6 Å². The van der Waals surface area contributed by atoms with Gasteiger partial charge in [0.15, 0.2) is 5.82 Å². The van der Waals surface area contributed by atoms with Gasteiger partial charge in [0.05, 0.1) is 9.92 Å². The van der Waals surface area contributed by atoms with Gasteiger partial charge in [0.25, 0.3) is 5.91 Å². The Morgan fingerprint density at radius 1 is 1.00 bits per heavy atom. The summed E-state index contributed by atoms with van der Waals surface area (Å²) >= 11 is 6.19. The fourth-order valence-electron chi connectivity index (χ4n) is 3.89. The van der Waals surface area contributed by atoms with Crippen LogP contribution in [-0.2, 0) is 23.0 Å². The molecular formula is C24H20ClN5O3S. The molecule has 10 heteroatoms. The zero-order valence-electron chi connectivity index (χ0n) is 17.9. The van der Waals surface area contributed by atoms with E-state index in [1.807, 2.05) is 30.3 Å². The Morgan fingerprint density at radius 2 is 1.76 bits per heavy atom. The number of hydrogen-bond acceptors (Lipinski definition) is 5. The molecule has 1 amide bonds. The molecule has 0 radical (unpaired) electrons. The minimum atomic E-state index is -3.77. The maximum absolute atomic E-state index is 13.3. The number of rotatable bonds is 5. The predicted octanol–water partition coefficient (Wildman–Crippen LogP) is 4.12. The first-order valence-electron chi connectivity index (χ1n) is 10.6. The highest BCUT2D eigenvalue weighted by molar-refractivity contribution is 7.89. The molecule has 34 heavy (non-hydrogen) atoms. The van der Waals surface area contributed by atoms with Crippen molar-refractivity contribution in [1.82, 2.24) is 19.5 Å². The molecule has 0 aliphatic carbocycles. The van der Waals surface area contributed by atoms with Gasteiger partial charge >= 0.3 is 0 Å². The van der Waals surface area contributed by atoms with Gasteiger partial charge in [-0.25, -0.2) is 8.42 Å². The van der Waals surface area contributed by atoms with Crippen LogP contribution in [0, 0.1) is 0 Å². The van der Waals surface area contributed by atoms with Gasteiger partial charge in [0.2, 0.25) is 16.0 Å².